The van der Waals surface area contributed by atoms with Crippen molar-refractivity contribution in [1.29, 1.82) is 0 Å². The maximum Gasteiger partial charge on any atom is 0.573 e. The minimum atomic E-state index is -4.78. The van der Waals surface area contributed by atoms with Crippen LogP contribution in [0.5, 0.6) is 5.75 Å². The Balaban J connectivity index is 1.72. The fourth-order valence-corrected chi connectivity index (χ4v) is 1.87. The summed E-state index contributed by atoms with van der Waals surface area (Å²) in [6.07, 6.45) is -5.55. The Morgan fingerprint density at radius 1 is 0.962 bits per heavy atom. The van der Waals surface area contributed by atoms with Crippen LogP contribution in [0, 0.1) is 0 Å². The Bertz CT molecular complexity index is 734. The van der Waals surface area contributed by atoms with Crippen molar-refractivity contribution in [2.24, 2.45) is 0 Å². The van der Waals surface area contributed by atoms with Gasteiger partial charge in [0.15, 0.2) is 0 Å². The van der Waals surface area contributed by atoms with Crippen molar-refractivity contribution in [3.8, 4) is 5.75 Å². The first-order valence-electron chi connectivity index (χ1n) is 7.42. The SMILES string of the molecule is O=C(CNC(=O)OCc1ccccc1)Nc1ccc(OC(F)(F)F)cc1. The lowest BCUT2D eigenvalue weighted by molar-refractivity contribution is -0.274. The van der Waals surface area contributed by atoms with Crippen molar-refractivity contribution < 1.29 is 32.2 Å². The van der Waals surface area contributed by atoms with Gasteiger partial charge in [-0.3, -0.25) is 4.79 Å². The molecule has 0 aliphatic heterocycles. The number of benzene rings is 2. The number of amides is 2. The molecule has 6 nitrogen and oxygen atoms in total. The number of carbonyl (C=O) groups is 2. The standard InChI is InChI=1S/C17H15F3N2O4/c18-17(19,20)26-14-8-6-13(7-9-14)22-15(23)10-21-16(24)25-11-12-4-2-1-3-5-12/h1-9H,10-11H2,(H,21,24)(H,22,23). The molecule has 0 atom stereocenters. The van der Waals surface area contributed by atoms with Crippen molar-refractivity contribution in [2.45, 2.75) is 13.0 Å². The lowest BCUT2D eigenvalue weighted by atomic mass is 10.2. The van der Waals surface area contributed by atoms with E-state index < -0.39 is 24.1 Å². The van der Waals surface area contributed by atoms with Gasteiger partial charge in [0.2, 0.25) is 5.91 Å². The summed E-state index contributed by atoms with van der Waals surface area (Å²) in [5, 5.41) is 4.68. The van der Waals surface area contributed by atoms with E-state index >= 15 is 0 Å². The highest BCUT2D eigenvalue weighted by Crippen LogP contribution is 2.23. The summed E-state index contributed by atoms with van der Waals surface area (Å²) in [5.74, 6) is -0.968. The van der Waals surface area contributed by atoms with Gasteiger partial charge in [0.1, 0.15) is 18.9 Å². The smallest absolute Gasteiger partial charge is 0.445 e. The van der Waals surface area contributed by atoms with E-state index in [9.17, 15) is 22.8 Å². The highest BCUT2D eigenvalue weighted by Gasteiger charge is 2.30. The van der Waals surface area contributed by atoms with Gasteiger partial charge >= 0.3 is 12.5 Å². The van der Waals surface area contributed by atoms with Crippen LogP contribution >= 0.6 is 0 Å². The largest absolute Gasteiger partial charge is 0.573 e. The predicted octanol–water partition coefficient (Wildman–Crippen LogP) is 3.45. The number of rotatable bonds is 6. The second-order valence-electron chi connectivity index (χ2n) is 5.04. The molecule has 138 valence electrons. The molecule has 0 aromatic heterocycles. The quantitative estimate of drug-likeness (QED) is 0.819. The van der Waals surface area contributed by atoms with Crippen molar-refractivity contribution in [3.05, 3.63) is 60.2 Å². The van der Waals surface area contributed by atoms with Crippen LogP contribution in [0.25, 0.3) is 0 Å². The Hall–Kier alpha value is -3.23. The maximum absolute atomic E-state index is 12.1. The average molecular weight is 368 g/mol. The normalized spacial score (nSPS) is 10.7. The number of ether oxygens (including phenoxy) is 2. The van der Waals surface area contributed by atoms with Gasteiger partial charge in [-0.25, -0.2) is 4.79 Å². The minimum Gasteiger partial charge on any atom is -0.445 e. The molecule has 2 rings (SSSR count). The van der Waals surface area contributed by atoms with E-state index in [4.69, 9.17) is 4.74 Å². The molecule has 0 unspecified atom stereocenters. The summed E-state index contributed by atoms with van der Waals surface area (Å²) in [6, 6.07) is 13.6. The number of hydrogen-bond donors (Lipinski definition) is 2. The third kappa shape index (κ3) is 7.12. The van der Waals surface area contributed by atoms with Crippen LogP contribution in [-0.4, -0.2) is 24.9 Å². The molecule has 0 heterocycles. The molecule has 0 saturated carbocycles. The molecule has 0 saturated heterocycles. The van der Waals surface area contributed by atoms with E-state index in [1.54, 1.807) is 24.3 Å². The van der Waals surface area contributed by atoms with Gasteiger partial charge in [0.05, 0.1) is 0 Å². The maximum atomic E-state index is 12.1. The van der Waals surface area contributed by atoms with Crippen LogP contribution in [0.15, 0.2) is 54.6 Å². The molecule has 0 fully saturated rings. The Kier molecular flexibility index (Phi) is 6.42. The molecule has 0 aliphatic rings. The minimum absolute atomic E-state index is 0.0644. The van der Waals surface area contributed by atoms with Crippen LogP contribution in [-0.2, 0) is 16.1 Å². The van der Waals surface area contributed by atoms with Gasteiger partial charge in [-0.2, -0.15) is 0 Å². The Labute approximate surface area is 146 Å². The second kappa shape index (κ2) is 8.75. The van der Waals surface area contributed by atoms with Gasteiger partial charge in [0.25, 0.3) is 0 Å². The highest BCUT2D eigenvalue weighted by molar-refractivity contribution is 5.93. The fourth-order valence-electron chi connectivity index (χ4n) is 1.87. The van der Waals surface area contributed by atoms with E-state index in [0.29, 0.717) is 0 Å². The number of anilines is 1. The molecule has 2 aromatic carbocycles. The molecular formula is C17H15F3N2O4. The molecule has 0 aliphatic carbocycles. The molecule has 0 spiro atoms. The fraction of sp³-hybridized carbons (Fsp3) is 0.176. The predicted molar refractivity (Wildman–Crippen MR) is 86.4 cm³/mol. The number of alkyl carbamates (subject to hydrolysis) is 1. The van der Waals surface area contributed by atoms with Crippen molar-refractivity contribution in [1.82, 2.24) is 5.32 Å². The van der Waals surface area contributed by atoms with Crippen molar-refractivity contribution in [2.75, 3.05) is 11.9 Å². The summed E-state index contributed by atoms with van der Waals surface area (Å²) < 4.78 is 44.8. The molecule has 2 N–H and O–H groups in total. The number of carbonyl (C=O) groups excluding carboxylic acids is 2. The topological polar surface area (TPSA) is 76.7 Å². The zero-order valence-corrected chi connectivity index (χ0v) is 13.4. The van der Waals surface area contributed by atoms with Gasteiger partial charge in [0, 0.05) is 5.69 Å². The number of nitrogens with one attached hydrogen (secondary N) is 2. The van der Waals surface area contributed by atoms with Gasteiger partial charge in [-0.15, -0.1) is 13.2 Å². The summed E-state index contributed by atoms with van der Waals surface area (Å²) in [6.45, 7) is -0.288. The highest BCUT2D eigenvalue weighted by atomic mass is 19.4. The lowest BCUT2D eigenvalue weighted by Crippen LogP contribution is -2.33. The first kappa shape index (κ1) is 19.1. The number of halogens is 3. The third-order valence-electron chi connectivity index (χ3n) is 2.98. The van der Waals surface area contributed by atoms with Crippen LogP contribution in [0.2, 0.25) is 0 Å². The van der Waals surface area contributed by atoms with Gasteiger partial charge in [-0.05, 0) is 29.8 Å². The molecule has 9 heteroatoms. The van der Waals surface area contributed by atoms with Gasteiger partial charge in [-0.1, -0.05) is 30.3 Å². The lowest BCUT2D eigenvalue weighted by Gasteiger charge is -2.10. The summed E-state index contributed by atoms with van der Waals surface area (Å²) >= 11 is 0. The zero-order chi connectivity index (χ0) is 19.0. The molecule has 2 aromatic rings. The molecule has 26 heavy (non-hydrogen) atoms. The third-order valence-corrected chi connectivity index (χ3v) is 2.98. The van der Waals surface area contributed by atoms with E-state index in [1.807, 2.05) is 6.07 Å². The van der Waals surface area contributed by atoms with E-state index in [1.165, 1.54) is 12.1 Å². The number of hydrogen-bond acceptors (Lipinski definition) is 4. The zero-order valence-electron chi connectivity index (χ0n) is 13.4. The van der Waals surface area contributed by atoms with E-state index in [2.05, 4.69) is 15.4 Å². The average Bonchev–Trinajstić information content (AvgIpc) is 2.59. The van der Waals surface area contributed by atoms with Gasteiger partial charge < -0.3 is 20.1 Å². The van der Waals surface area contributed by atoms with Crippen LogP contribution in [0.3, 0.4) is 0 Å². The first-order valence-corrected chi connectivity index (χ1v) is 7.42. The Morgan fingerprint density at radius 2 is 1.62 bits per heavy atom. The second-order valence-corrected chi connectivity index (χ2v) is 5.04. The van der Waals surface area contributed by atoms with Crippen molar-refractivity contribution >= 4 is 17.7 Å². The molecular weight excluding hydrogens is 353 g/mol. The van der Waals surface area contributed by atoms with E-state index in [0.717, 1.165) is 17.7 Å². The summed E-state index contributed by atoms with van der Waals surface area (Å²) in [5.41, 5.74) is 1.05. The van der Waals surface area contributed by atoms with Crippen LogP contribution in [0.1, 0.15) is 5.56 Å². The monoisotopic (exact) mass is 368 g/mol. The van der Waals surface area contributed by atoms with Crippen LogP contribution in [0.4, 0.5) is 23.7 Å². The summed E-state index contributed by atoms with van der Waals surface area (Å²) in [4.78, 5) is 23.2. The molecule has 0 bridgehead atoms. The number of alkyl halides is 3. The van der Waals surface area contributed by atoms with E-state index in [-0.39, 0.29) is 18.8 Å². The first-order chi connectivity index (χ1) is 12.3. The molecule has 2 amide bonds. The Morgan fingerprint density at radius 3 is 2.23 bits per heavy atom. The summed E-state index contributed by atoms with van der Waals surface area (Å²) in [7, 11) is 0. The van der Waals surface area contributed by atoms with Crippen LogP contribution < -0.4 is 15.4 Å². The molecule has 0 radical (unpaired) electrons. The van der Waals surface area contributed by atoms with Crippen molar-refractivity contribution in [3.63, 3.8) is 0 Å².